The topological polar surface area (TPSA) is 106 Å². The van der Waals surface area contributed by atoms with Crippen LogP contribution >= 0.6 is 0 Å². The standard InChI is InChI=1S/C23H28N4O3/c24-22(29)18-9-6-14-27(15-18)16-21(28)26-20-11-5-4-10-19(20)23(30)25-13-12-17-7-2-1-3-8-17/h1-5,7-8,10-11,18H,6,9,12-16H2,(H2,24,29)(H,25,30)(H,26,28)/p+1/t18-/m0/s1. The molecular weight excluding hydrogens is 380 g/mol. The van der Waals surface area contributed by atoms with Crippen molar-refractivity contribution in [2.24, 2.45) is 11.7 Å². The molecule has 30 heavy (non-hydrogen) atoms. The Labute approximate surface area is 176 Å². The number of hydrogen-bond donors (Lipinski definition) is 4. The Morgan fingerprint density at radius 1 is 1.03 bits per heavy atom. The van der Waals surface area contributed by atoms with Crippen LogP contribution < -0.4 is 21.3 Å². The molecule has 1 fully saturated rings. The van der Waals surface area contributed by atoms with Crippen molar-refractivity contribution in [1.29, 1.82) is 0 Å². The summed E-state index contributed by atoms with van der Waals surface area (Å²) in [5, 5.41) is 5.77. The molecule has 1 unspecified atom stereocenters. The fraction of sp³-hybridized carbons (Fsp3) is 0.348. The number of carbonyl (C=O) groups excluding carboxylic acids is 3. The molecule has 7 heteroatoms. The van der Waals surface area contributed by atoms with Gasteiger partial charge in [-0.15, -0.1) is 0 Å². The molecule has 0 bridgehead atoms. The summed E-state index contributed by atoms with van der Waals surface area (Å²) in [4.78, 5) is 37.6. The number of rotatable bonds is 8. The second-order valence-electron chi connectivity index (χ2n) is 7.71. The Hall–Kier alpha value is -3.19. The zero-order valence-electron chi connectivity index (χ0n) is 17.0. The minimum atomic E-state index is -0.301. The maximum atomic E-state index is 12.6. The summed E-state index contributed by atoms with van der Waals surface area (Å²) < 4.78 is 0. The van der Waals surface area contributed by atoms with Crippen molar-refractivity contribution >= 4 is 23.4 Å². The van der Waals surface area contributed by atoms with E-state index in [0.717, 1.165) is 36.3 Å². The van der Waals surface area contributed by atoms with Crippen LogP contribution in [0.15, 0.2) is 54.6 Å². The van der Waals surface area contributed by atoms with Gasteiger partial charge in [0.05, 0.1) is 30.3 Å². The maximum Gasteiger partial charge on any atom is 0.279 e. The number of piperidine rings is 1. The lowest BCUT2D eigenvalue weighted by Crippen LogP contribution is -3.14. The average Bonchev–Trinajstić information content (AvgIpc) is 2.75. The molecule has 1 saturated heterocycles. The Morgan fingerprint density at radius 3 is 2.53 bits per heavy atom. The van der Waals surface area contributed by atoms with Gasteiger partial charge < -0.3 is 21.3 Å². The Balaban J connectivity index is 1.54. The SMILES string of the molecule is NC(=O)[C@H]1CCC[NH+](CC(=O)Nc2ccccc2C(=O)NCCc2ccccc2)C1. The first-order valence-corrected chi connectivity index (χ1v) is 10.4. The molecule has 3 rings (SSSR count). The first kappa shape index (κ1) is 21.5. The van der Waals surface area contributed by atoms with E-state index in [9.17, 15) is 14.4 Å². The predicted octanol–water partition coefficient (Wildman–Crippen LogP) is 0.378. The molecule has 7 nitrogen and oxygen atoms in total. The fourth-order valence-corrected chi connectivity index (χ4v) is 3.83. The van der Waals surface area contributed by atoms with Gasteiger partial charge >= 0.3 is 0 Å². The zero-order valence-corrected chi connectivity index (χ0v) is 17.0. The quantitative estimate of drug-likeness (QED) is 0.506. The van der Waals surface area contributed by atoms with Crippen LogP contribution in [0.5, 0.6) is 0 Å². The summed E-state index contributed by atoms with van der Waals surface area (Å²) in [5.41, 5.74) is 7.49. The highest BCUT2D eigenvalue weighted by Crippen LogP contribution is 2.15. The number of amides is 3. The van der Waals surface area contributed by atoms with Crippen molar-refractivity contribution in [3.63, 3.8) is 0 Å². The molecule has 0 aliphatic carbocycles. The van der Waals surface area contributed by atoms with Gasteiger partial charge in [-0.1, -0.05) is 42.5 Å². The van der Waals surface area contributed by atoms with Gasteiger partial charge in [0, 0.05) is 6.54 Å². The molecule has 0 saturated carbocycles. The van der Waals surface area contributed by atoms with E-state index in [-0.39, 0.29) is 30.2 Å². The lowest BCUT2D eigenvalue weighted by atomic mass is 9.97. The molecule has 0 aromatic heterocycles. The monoisotopic (exact) mass is 409 g/mol. The molecule has 3 amide bonds. The zero-order chi connectivity index (χ0) is 21.3. The van der Waals surface area contributed by atoms with Crippen molar-refractivity contribution in [2.75, 3.05) is 31.5 Å². The summed E-state index contributed by atoms with van der Waals surface area (Å²) in [6.07, 6.45) is 2.39. The highest BCUT2D eigenvalue weighted by molar-refractivity contribution is 6.03. The maximum absolute atomic E-state index is 12.6. The molecule has 2 atom stereocenters. The van der Waals surface area contributed by atoms with Crippen LogP contribution in [0.4, 0.5) is 5.69 Å². The molecule has 2 aromatic rings. The Bertz CT molecular complexity index is 885. The minimum Gasteiger partial charge on any atom is -0.369 e. The van der Waals surface area contributed by atoms with Gasteiger partial charge in [-0.25, -0.2) is 0 Å². The third-order valence-corrected chi connectivity index (χ3v) is 5.42. The molecule has 1 heterocycles. The first-order chi connectivity index (χ1) is 14.5. The summed E-state index contributed by atoms with van der Waals surface area (Å²) in [5.74, 6) is -0.880. The van der Waals surface area contributed by atoms with E-state index in [4.69, 9.17) is 5.73 Å². The molecule has 0 spiro atoms. The van der Waals surface area contributed by atoms with E-state index in [1.165, 1.54) is 0 Å². The number of primary amides is 1. The highest BCUT2D eigenvalue weighted by Gasteiger charge is 2.28. The number of nitrogens with one attached hydrogen (secondary N) is 3. The second-order valence-corrected chi connectivity index (χ2v) is 7.71. The Morgan fingerprint density at radius 2 is 1.77 bits per heavy atom. The summed E-state index contributed by atoms with van der Waals surface area (Å²) in [6, 6.07) is 16.9. The number of benzene rings is 2. The first-order valence-electron chi connectivity index (χ1n) is 10.4. The molecule has 2 aromatic carbocycles. The van der Waals surface area contributed by atoms with Gasteiger partial charge in [-0.05, 0) is 37.0 Å². The number of nitrogens with two attached hydrogens (primary N) is 1. The van der Waals surface area contributed by atoms with E-state index in [1.807, 2.05) is 30.3 Å². The molecule has 0 radical (unpaired) electrons. The van der Waals surface area contributed by atoms with Gasteiger partial charge in [-0.3, -0.25) is 14.4 Å². The van der Waals surface area contributed by atoms with Gasteiger partial charge in [0.25, 0.3) is 11.8 Å². The largest absolute Gasteiger partial charge is 0.369 e. The number of carbonyl (C=O) groups is 3. The van der Waals surface area contributed by atoms with Gasteiger partial charge in [0.15, 0.2) is 6.54 Å². The summed E-state index contributed by atoms with van der Waals surface area (Å²) in [7, 11) is 0. The van der Waals surface area contributed by atoms with Crippen molar-refractivity contribution < 1.29 is 19.3 Å². The van der Waals surface area contributed by atoms with Crippen LogP contribution in [0, 0.1) is 5.92 Å². The Kier molecular flexibility index (Phi) is 7.57. The van der Waals surface area contributed by atoms with E-state index in [1.54, 1.807) is 24.3 Å². The molecule has 1 aliphatic rings. The molecular formula is C23H29N4O3+. The van der Waals surface area contributed by atoms with Crippen LogP contribution in [0.25, 0.3) is 0 Å². The number of para-hydroxylation sites is 1. The molecule has 158 valence electrons. The number of hydrogen-bond acceptors (Lipinski definition) is 3. The average molecular weight is 410 g/mol. The van der Waals surface area contributed by atoms with Crippen LogP contribution in [0.3, 0.4) is 0 Å². The smallest absolute Gasteiger partial charge is 0.279 e. The van der Waals surface area contributed by atoms with E-state index in [2.05, 4.69) is 10.6 Å². The summed E-state index contributed by atoms with van der Waals surface area (Å²) in [6.45, 7) is 2.16. The minimum absolute atomic E-state index is 0.177. The van der Waals surface area contributed by atoms with E-state index >= 15 is 0 Å². The third-order valence-electron chi connectivity index (χ3n) is 5.42. The fourth-order valence-electron chi connectivity index (χ4n) is 3.83. The van der Waals surface area contributed by atoms with Crippen LogP contribution in [-0.4, -0.2) is 43.9 Å². The molecule has 5 N–H and O–H groups in total. The van der Waals surface area contributed by atoms with Gasteiger partial charge in [0.1, 0.15) is 0 Å². The predicted molar refractivity (Wildman–Crippen MR) is 115 cm³/mol. The van der Waals surface area contributed by atoms with Crippen LogP contribution in [-0.2, 0) is 16.0 Å². The van der Waals surface area contributed by atoms with E-state index < -0.39 is 0 Å². The lowest BCUT2D eigenvalue weighted by Gasteiger charge is -2.27. The van der Waals surface area contributed by atoms with Crippen molar-refractivity contribution in [1.82, 2.24) is 5.32 Å². The van der Waals surface area contributed by atoms with Crippen LogP contribution in [0.1, 0.15) is 28.8 Å². The van der Waals surface area contributed by atoms with Crippen LogP contribution in [0.2, 0.25) is 0 Å². The number of likely N-dealkylation sites (tertiary alicyclic amines) is 1. The number of quaternary nitrogens is 1. The highest BCUT2D eigenvalue weighted by atomic mass is 16.2. The normalized spacial score (nSPS) is 18.4. The van der Waals surface area contributed by atoms with Gasteiger partial charge in [-0.2, -0.15) is 0 Å². The van der Waals surface area contributed by atoms with E-state index in [0.29, 0.717) is 24.3 Å². The third kappa shape index (κ3) is 6.15. The lowest BCUT2D eigenvalue weighted by molar-refractivity contribution is -0.899. The van der Waals surface area contributed by atoms with Crippen molar-refractivity contribution in [2.45, 2.75) is 19.3 Å². The van der Waals surface area contributed by atoms with Crippen molar-refractivity contribution in [3.8, 4) is 0 Å². The second kappa shape index (κ2) is 10.5. The molecule has 1 aliphatic heterocycles. The van der Waals surface area contributed by atoms with Crippen molar-refractivity contribution in [3.05, 3.63) is 65.7 Å². The number of anilines is 1. The summed E-state index contributed by atoms with van der Waals surface area (Å²) >= 11 is 0. The van der Waals surface area contributed by atoms with Gasteiger partial charge in [0.2, 0.25) is 5.91 Å².